The summed E-state index contributed by atoms with van der Waals surface area (Å²) in [6.45, 7) is 7.20. The minimum Gasteiger partial charge on any atom is -0.357 e. The molecule has 0 amide bonds. The number of aryl methyl sites for hydroxylation is 1. The molecule has 2 aliphatic heterocycles. The summed E-state index contributed by atoms with van der Waals surface area (Å²) < 4.78 is 3.70. The molecule has 1 fully saturated rings. The first-order valence-corrected chi connectivity index (χ1v) is 8.94. The molecule has 0 aliphatic carbocycles. The molecule has 3 aromatic heterocycles. The van der Waals surface area contributed by atoms with E-state index in [0.717, 1.165) is 48.2 Å². The molecular weight excluding hydrogens is 326 g/mol. The largest absolute Gasteiger partial charge is 0.357 e. The highest BCUT2D eigenvalue weighted by molar-refractivity contribution is 5.81. The maximum absolute atomic E-state index is 4.75. The summed E-state index contributed by atoms with van der Waals surface area (Å²) in [6, 6.07) is 4.18. The zero-order valence-corrected chi connectivity index (χ0v) is 14.8. The fourth-order valence-electron chi connectivity index (χ4n) is 3.74. The van der Waals surface area contributed by atoms with E-state index in [2.05, 4.69) is 44.8 Å². The first-order chi connectivity index (χ1) is 12.7. The molecule has 0 unspecified atom stereocenters. The third kappa shape index (κ3) is 2.39. The Hall–Kier alpha value is -3.09. The van der Waals surface area contributed by atoms with E-state index in [4.69, 9.17) is 5.10 Å². The van der Waals surface area contributed by atoms with Gasteiger partial charge in [-0.25, -0.2) is 9.67 Å². The first-order valence-electron chi connectivity index (χ1n) is 8.94. The Labute approximate surface area is 152 Å². The monoisotopic (exact) mass is 347 g/mol. The lowest BCUT2D eigenvalue weighted by Crippen LogP contribution is -2.18. The van der Waals surface area contributed by atoms with E-state index in [9.17, 15) is 0 Å². The molecule has 0 spiro atoms. The molecular formula is C19H21N7. The zero-order chi connectivity index (χ0) is 17.7. The van der Waals surface area contributed by atoms with Crippen molar-refractivity contribution >= 4 is 17.2 Å². The second kappa shape index (κ2) is 5.72. The number of aromatic nitrogens is 5. The summed E-state index contributed by atoms with van der Waals surface area (Å²) in [5.74, 6) is 1.05. The van der Waals surface area contributed by atoms with Crippen LogP contribution in [0.4, 0.5) is 11.5 Å². The van der Waals surface area contributed by atoms with Crippen LogP contribution in [-0.4, -0.2) is 37.6 Å². The Morgan fingerprint density at radius 1 is 1.04 bits per heavy atom. The predicted molar refractivity (Wildman–Crippen MR) is 101 cm³/mol. The van der Waals surface area contributed by atoms with Crippen molar-refractivity contribution in [2.24, 2.45) is 7.05 Å². The van der Waals surface area contributed by atoms with E-state index >= 15 is 0 Å². The molecule has 0 aromatic carbocycles. The van der Waals surface area contributed by atoms with Crippen molar-refractivity contribution in [3.8, 4) is 5.69 Å². The van der Waals surface area contributed by atoms with E-state index < -0.39 is 0 Å². The highest BCUT2D eigenvalue weighted by atomic mass is 15.3. The van der Waals surface area contributed by atoms with Gasteiger partial charge in [-0.1, -0.05) is 6.58 Å². The van der Waals surface area contributed by atoms with Gasteiger partial charge in [-0.05, 0) is 25.0 Å². The van der Waals surface area contributed by atoms with Crippen LogP contribution in [0.2, 0.25) is 0 Å². The standard InChI is InChI=1S/C19H21N7/c1-14-19-15(11-25(14)17-10-21-23(2)13-17)12-26(22-19)16-5-6-18(20-9-16)24-7-3-4-8-24/h5-6,9-10,12-13H,1,3-4,7-8,11H2,2H3. The fraction of sp³-hybridized carbons (Fsp3) is 0.316. The Bertz CT molecular complexity index is 960. The van der Waals surface area contributed by atoms with Crippen LogP contribution in [0.25, 0.3) is 11.4 Å². The number of fused-ring (bicyclic) bond motifs is 1. The second-order valence-electron chi connectivity index (χ2n) is 6.92. The topological polar surface area (TPSA) is 55.0 Å². The van der Waals surface area contributed by atoms with Gasteiger partial charge >= 0.3 is 0 Å². The predicted octanol–water partition coefficient (Wildman–Crippen LogP) is 2.59. The van der Waals surface area contributed by atoms with Crippen molar-refractivity contribution in [1.29, 1.82) is 0 Å². The number of hydrogen-bond donors (Lipinski definition) is 0. The van der Waals surface area contributed by atoms with Crippen molar-refractivity contribution in [2.45, 2.75) is 19.4 Å². The molecule has 7 nitrogen and oxygen atoms in total. The van der Waals surface area contributed by atoms with Crippen LogP contribution >= 0.6 is 0 Å². The van der Waals surface area contributed by atoms with Crippen LogP contribution in [0.1, 0.15) is 24.1 Å². The number of hydrogen-bond acceptors (Lipinski definition) is 5. The van der Waals surface area contributed by atoms with Gasteiger partial charge < -0.3 is 9.80 Å². The van der Waals surface area contributed by atoms with E-state index in [1.165, 1.54) is 18.4 Å². The summed E-state index contributed by atoms with van der Waals surface area (Å²) in [5.41, 5.74) is 5.04. The number of anilines is 2. The highest BCUT2D eigenvalue weighted by Gasteiger charge is 2.28. The molecule has 2 aliphatic rings. The molecule has 26 heavy (non-hydrogen) atoms. The molecule has 0 atom stereocenters. The van der Waals surface area contributed by atoms with Crippen molar-refractivity contribution in [2.75, 3.05) is 22.9 Å². The lowest BCUT2D eigenvalue weighted by atomic mass is 10.3. The Kier molecular flexibility index (Phi) is 3.34. The smallest absolute Gasteiger partial charge is 0.128 e. The van der Waals surface area contributed by atoms with E-state index in [0.29, 0.717) is 0 Å². The number of pyridine rings is 1. The molecule has 1 saturated heterocycles. The molecule has 132 valence electrons. The van der Waals surface area contributed by atoms with Crippen molar-refractivity contribution in [3.63, 3.8) is 0 Å². The Balaban J connectivity index is 1.39. The van der Waals surface area contributed by atoms with Crippen molar-refractivity contribution in [1.82, 2.24) is 24.5 Å². The van der Waals surface area contributed by atoms with Gasteiger partial charge in [-0.15, -0.1) is 0 Å². The molecule has 3 aromatic rings. The SMILES string of the molecule is C=C1c2nn(-c3ccc(N4CCCC4)nc3)cc2CN1c1cnn(C)c1. The molecule has 0 bridgehead atoms. The van der Waals surface area contributed by atoms with Gasteiger partial charge in [-0.2, -0.15) is 10.2 Å². The van der Waals surface area contributed by atoms with Crippen molar-refractivity contribution in [3.05, 3.63) is 54.8 Å². The number of rotatable bonds is 3. The minimum atomic E-state index is 0.763. The third-order valence-corrected chi connectivity index (χ3v) is 5.15. The molecule has 0 N–H and O–H groups in total. The number of nitrogens with zero attached hydrogens (tertiary/aromatic N) is 7. The van der Waals surface area contributed by atoms with Gasteiger partial charge in [0.05, 0.1) is 36.0 Å². The lowest BCUT2D eigenvalue weighted by molar-refractivity contribution is 0.767. The van der Waals surface area contributed by atoms with Gasteiger partial charge in [0.2, 0.25) is 0 Å². The van der Waals surface area contributed by atoms with Crippen LogP contribution in [0.5, 0.6) is 0 Å². The summed E-state index contributed by atoms with van der Waals surface area (Å²) in [6.07, 6.45) is 10.3. The Morgan fingerprint density at radius 2 is 1.88 bits per heavy atom. The van der Waals surface area contributed by atoms with Crippen LogP contribution in [0, 0.1) is 0 Å². The summed E-state index contributed by atoms with van der Waals surface area (Å²) >= 11 is 0. The quantitative estimate of drug-likeness (QED) is 0.729. The third-order valence-electron chi connectivity index (χ3n) is 5.15. The normalized spacial score (nSPS) is 16.6. The minimum absolute atomic E-state index is 0.763. The van der Waals surface area contributed by atoms with Gasteiger partial charge in [0.25, 0.3) is 0 Å². The average Bonchev–Trinajstić information content (AvgIpc) is 3.41. The molecule has 0 radical (unpaired) electrons. The lowest BCUT2D eigenvalue weighted by Gasteiger charge is -2.17. The van der Waals surface area contributed by atoms with Crippen LogP contribution in [-0.2, 0) is 13.6 Å². The summed E-state index contributed by atoms with van der Waals surface area (Å²) in [5, 5.41) is 8.99. The zero-order valence-electron chi connectivity index (χ0n) is 14.8. The van der Waals surface area contributed by atoms with E-state index in [1.54, 1.807) is 4.68 Å². The van der Waals surface area contributed by atoms with Gasteiger partial charge in [-0.3, -0.25) is 4.68 Å². The maximum atomic E-state index is 4.75. The van der Waals surface area contributed by atoms with Crippen LogP contribution < -0.4 is 9.80 Å². The van der Waals surface area contributed by atoms with Crippen LogP contribution in [0.15, 0.2) is 43.5 Å². The van der Waals surface area contributed by atoms with Gasteiger partial charge in [0, 0.05) is 38.1 Å². The first kappa shape index (κ1) is 15.2. The molecule has 5 rings (SSSR count). The highest BCUT2D eigenvalue weighted by Crippen LogP contribution is 2.35. The van der Waals surface area contributed by atoms with Crippen molar-refractivity contribution < 1.29 is 0 Å². The summed E-state index contributed by atoms with van der Waals surface area (Å²) in [7, 11) is 1.92. The summed E-state index contributed by atoms with van der Waals surface area (Å²) in [4.78, 5) is 9.10. The Morgan fingerprint density at radius 3 is 2.54 bits per heavy atom. The molecule has 5 heterocycles. The van der Waals surface area contributed by atoms with E-state index in [1.807, 2.05) is 30.3 Å². The maximum Gasteiger partial charge on any atom is 0.128 e. The molecule has 7 heteroatoms. The van der Waals surface area contributed by atoms with Gasteiger partial charge in [0.15, 0.2) is 0 Å². The van der Waals surface area contributed by atoms with Gasteiger partial charge in [0.1, 0.15) is 11.5 Å². The average molecular weight is 347 g/mol. The van der Waals surface area contributed by atoms with E-state index in [-0.39, 0.29) is 0 Å². The van der Waals surface area contributed by atoms with Crippen LogP contribution in [0.3, 0.4) is 0 Å². The molecule has 0 saturated carbocycles. The second-order valence-corrected chi connectivity index (χ2v) is 6.92. The fourth-order valence-corrected chi connectivity index (χ4v) is 3.74.